The van der Waals surface area contributed by atoms with Crippen LogP contribution in [-0.2, 0) is 28.9 Å². The summed E-state index contributed by atoms with van der Waals surface area (Å²) in [6.07, 6.45) is -2.09. The molecule has 34 heavy (non-hydrogen) atoms. The largest absolute Gasteiger partial charge is 0.490 e. The van der Waals surface area contributed by atoms with Crippen LogP contribution in [0.4, 0.5) is 24.7 Å². The van der Waals surface area contributed by atoms with Crippen molar-refractivity contribution in [3.63, 3.8) is 0 Å². The molecule has 0 spiro atoms. The summed E-state index contributed by atoms with van der Waals surface area (Å²) in [5, 5.41) is 20.1. The predicted octanol–water partition coefficient (Wildman–Crippen LogP) is 5.29. The third-order valence-electron chi connectivity index (χ3n) is 4.85. The number of hydrogen-bond donors (Lipinski definition) is 3. The second-order valence-corrected chi connectivity index (χ2v) is 7.81. The van der Waals surface area contributed by atoms with Gasteiger partial charge in [-0.15, -0.1) is 0 Å². The van der Waals surface area contributed by atoms with Crippen LogP contribution < -0.4 is 5.32 Å². The van der Waals surface area contributed by atoms with Crippen molar-refractivity contribution in [1.82, 2.24) is 9.97 Å². The van der Waals surface area contributed by atoms with Gasteiger partial charge in [0.05, 0.1) is 6.42 Å². The number of aliphatic carboxylic acids is 2. The Morgan fingerprint density at radius 3 is 2.15 bits per heavy atom. The zero-order valence-electron chi connectivity index (χ0n) is 17.6. The summed E-state index contributed by atoms with van der Waals surface area (Å²) in [7, 11) is 0. The third kappa shape index (κ3) is 6.67. The van der Waals surface area contributed by atoms with E-state index in [0.717, 1.165) is 53.2 Å². The highest BCUT2D eigenvalue weighted by Gasteiger charge is 2.38. The van der Waals surface area contributed by atoms with Crippen LogP contribution in [0, 0.1) is 0 Å². The number of nitrogens with zero attached hydrogens (tertiary/aromatic N) is 2. The number of carboxylic acids is 2. The minimum absolute atomic E-state index is 0.0178. The average molecular weight is 494 g/mol. The number of nitrogens with one attached hydrogen (secondary N) is 1. The van der Waals surface area contributed by atoms with E-state index in [0.29, 0.717) is 10.8 Å². The SMILES string of the molecule is O=C(O)C(F)(F)F.O=C(O)Cc1ccc(Nc2nc(-c3ccc(Cl)cc3)nc3c2CCC3)cc1. The predicted molar refractivity (Wildman–Crippen MR) is 119 cm³/mol. The van der Waals surface area contributed by atoms with E-state index >= 15 is 0 Å². The summed E-state index contributed by atoms with van der Waals surface area (Å²) in [5.41, 5.74) is 4.80. The van der Waals surface area contributed by atoms with Crippen molar-refractivity contribution in [3.8, 4) is 11.4 Å². The van der Waals surface area contributed by atoms with E-state index < -0.39 is 18.1 Å². The zero-order chi connectivity index (χ0) is 24.9. The summed E-state index contributed by atoms with van der Waals surface area (Å²) in [4.78, 5) is 29.2. The molecule has 0 saturated heterocycles. The van der Waals surface area contributed by atoms with E-state index in [4.69, 9.17) is 36.6 Å². The number of rotatable bonds is 5. The first-order valence-corrected chi connectivity index (χ1v) is 10.4. The van der Waals surface area contributed by atoms with Crippen molar-refractivity contribution in [2.24, 2.45) is 0 Å². The fourth-order valence-corrected chi connectivity index (χ4v) is 3.41. The molecule has 0 amide bonds. The fourth-order valence-electron chi connectivity index (χ4n) is 3.28. The Morgan fingerprint density at radius 2 is 1.59 bits per heavy atom. The molecule has 2 aromatic carbocycles. The molecule has 3 aromatic rings. The Hall–Kier alpha value is -3.66. The molecule has 0 bridgehead atoms. The van der Waals surface area contributed by atoms with Gasteiger partial charge in [-0.1, -0.05) is 23.7 Å². The molecule has 1 heterocycles. The quantitative estimate of drug-likeness (QED) is 0.442. The molecule has 0 fully saturated rings. The first-order valence-electron chi connectivity index (χ1n) is 10.1. The van der Waals surface area contributed by atoms with Crippen molar-refractivity contribution in [1.29, 1.82) is 0 Å². The van der Waals surface area contributed by atoms with Crippen molar-refractivity contribution < 1.29 is 33.0 Å². The van der Waals surface area contributed by atoms with E-state index in [1.807, 2.05) is 48.5 Å². The molecule has 0 unspecified atom stereocenters. The second kappa shape index (κ2) is 10.5. The maximum atomic E-state index is 10.8. The van der Waals surface area contributed by atoms with Crippen LogP contribution in [0.2, 0.25) is 5.02 Å². The molecule has 1 aliphatic carbocycles. The van der Waals surface area contributed by atoms with E-state index in [1.54, 1.807) is 0 Å². The molecule has 0 radical (unpaired) electrons. The van der Waals surface area contributed by atoms with Crippen LogP contribution in [0.3, 0.4) is 0 Å². The molecule has 0 saturated carbocycles. The maximum Gasteiger partial charge on any atom is 0.490 e. The Labute approximate surface area is 197 Å². The molecule has 0 atom stereocenters. The van der Waals surface area contributed by atoms with Crippen molar-refractivity contribution in [3.05, 3.63) is 70.4 Å². The first kappa shape index (κ1) is 25.0. The number of aryl methyl sites for hydroxylation is 1. The minimum Gasteiger partial charge on any atom is -0.481 e. The lowest BCUT2D eigenvalue weighted by atomic mass is 10.1. The number of hydrogen-bond acceptors (Lipinski definition) is 5. The summed E-state index contributed by atoms with van der Waals surface area (Å²) in [6, 6.07) is 14.9. The summed E-state index contributed by atoms with van der Waals surface area (Å²) in [5.74, 6) is -2.10. The monoisotopic (exact) mass is 493 g/mol. The molecule has 0 aliphatic heterocycles. The van der Waals surface area contributed by atoms with Gasteiger partial charge >= 0.3 is 18.1 Å². The van der Waals surface area contributed by atoms with Gasteiger partial charge in [0.15, 0.2) is 5.82 Å². The summed E-state index contributed by atoms with van der Waals surface area (Å²) >= 11 is 5.99. The molecule has 1 aliphatic rings. The third-order valence-corrected chi connectivity index (χ3v) is 5.10. The number of carbonyl (C=O) groups is 2. The molecular weight excluding hydrogens is 475 g/mol. The lowest BCUT2D eigenvalue weighted by Gasteiger charge is -2.13. The molecule has 11 heteroatoms. The van der Waals surface area contributed by atoms with Crippen molar-refractivity contribution >= 4 is 35.0 Å². The van der Waals surface area contributed by atoms with E-state index in [2.05, 4.69) is 5.32 Å². The number of aromatic nitrogens is 2. The van der Waals surface area contributed by atoms with Crippen LogP contribution in [0.25, 0.3) is 11.4 Å². The fraction of sp³-hybridized carbons (Fsp3) is 0.217. The second-order valence-electron chi connectivity index (χ2n) is 7.38. The highest BCUT2D eigenvalue weighted by atomic mass is 35.5. The Morgan fingerprint density at radius 1 is 0.971 bits per heavy atom. The lowest BCUT2D eigenvalue weighted by Crippen LogP contribution is -2.21. The van der Waals surface area contributed by atoms with Gasteiger partial charge in [-0.25, -0.2) is 14.8 Å². The molecular formula is C23H19ClF3N3O4. The smallest absolute Gasteiger partial charge is 0.481 e. The molecule has 7 nitrogen and oxygen atoms in total. The molecule has 178 valence electrons. The highest BCUT2D eigenvalue weighted by molar-refractivity contribution is 6.30. The number of halogens is 4. The maximum absolute atomic E-state index is 10.8. The van der Waals surface area contributed by atoms with Crippen molar-refractivity contribution in [2.75, 3.05) is 5.32 Å². The van der Waals surface area contributed by atoms with E-state index in [9.17, 15) is 18.0 Å². The topological polar surface area (TPSA) is 112 Å². The highest BCUT2D eigenvalue weighted by Crippen LogP contribution is 2.31. The first-order chi connectivity index (χ1) is 16.0. The average Bonchev–Trinajstić information content (AvgIpc) is 3.24. The summed E-state index contributed by atoms with van der Waals surface area (Å²) in [6.45, 7) is 0. The van der Waals surface area contributed by atoms with Crippen LogP contribution in [0.1, 0.15) is 23.2 Å². The number of fused-ring (bicyclic) bond motifs is 1. The number of anilines is 2. The Bertz CT molecular complexity index is 1180. The number of alkyl halides is 3. The van der Waals surface area contributed by atoms with Crippen LogP contribution in [0.15, 0.2) is 48.5 Å². The Kier molecular flexibility index (Phi) is 7.72. The van der Waals surface area contributed by atoms with Crippen LogP contribution >= 0.6 is 11.6 Å². The van der Waals surface area contributed by atoms with E-state index in [1.165, 1.54) is 0 Å². The van der Waals surface area contributed by atoms with Gasteiger partial charge in [-0.2, -0.15) is 13.2 Å². The molecule has 3 N–H and O–H groups in total. The molecule has 1 aromatic heterocycles. The van der Waals surface area contributed by atoms with Gasteiger partial charge in [0.2, 0.25) is 0 Å². The van der Waals surface area contributed by atoms with Gasteiger partial charge < -0.3 is 15.5 Å². The summed E-state index contributed by atoms with van der Waals surface area (Å²) < 4.78 is 31.7. The van der Waals surface area contributed by atoms with Gasteiger partial charge in [0, 0.05) is 27.5 Å². The zero-order valence-corrected chi connectivity index (χ0v) is 18.3. The minimum atomic E-state index is -5.08. The van der Waals surface area contributed by atoms with E-state index in [-0.39, 0.29) is 6.42 Å². The number of carboxylic acid groups (broad SMARTS) is 2. The number of benzene rings is 2. The van der Waals surface area contributed by atoms with Gasteiger partial charge in [0.25, 0.3) is 0 Å². The van der Waals surface area contributed by atoms with Crippen LogP contribution in [-0.4, -0.2) is 38.3 Å². The Balaban J connectivity index is 0.000000406. The van der Waals surface area contributed by atoms with Crippen molar-refractivity contribution in [2.45, 2.75) is 31.9 Å². The van der Waals surface area contributed by atoms with Gasteiger partial charge in [-0.05, 0) is 61.2 Å². The molecule has 4 rings (SSSR count). The van der Waals surface area contributed by atoms with Gasteiger partial charge in [0.1, 0.15) is 5.82 Å². The standard InChI is InChI=1S/C21H18ClN3O2.C2HF3O2/c22-15-8-6-14(7-9-15)20-24-18-3-1-2-17(18)21(25-20)23-16-10-4-13(5-11-16)12-19(26)27;3-2(4,5)1(6)7/h4-11H,1-3,12H2,(H,26,27)(H,23,24,25);(H,6,7). The lowest BCUT2D eigenvalue weighted by molar-refractivity contribution is -0.192. The van der Waals surface area contributed by atoms with Gasteiger partial charge in [-0.3, -0.25) is 4.79 Å². The normalized spacial score (nSPS) is 12.4. The van der Waals surface area contributed by atoms with Crippen LogP contribution in [0.5, 0.6) is 0 Å².